The highest BCUT2D eigenvalue weighted by Gasteiger charge is 2.23. The second-order valence-electron chi connectivity index (χ2n) is 4.90. The number of anilines is 2. The van der Waals surface area contributed by atoms with Gasteiger partial charge in [0.05, 0.1) is 16.9 Å². The van der Waals surface area contributed by atoms with Crippen molar-refractivity contribution in [3.8, 4) is 0 Å². The number of carboxylic acid groups (broad SMARTS) is 1. The highest BCUT2D eigenvalue weighted by molar-refractivity contribution is 5.97. The fourth-order valence-corrected chi connectivity index (χ4v) is 2.16. The zero-order valence-corrected chi connectivity index (χ0v) is 11.4. The predicted molar refractivity (Wildman–Crippen MR) is 77.0 cm³/mol. The van der Waals surface area contributed by atoms with E-state index in [1.807, 2.05) is 6.92 Å². The number of nitrogens with two attached hydrogens (primary N) is 1. The van der Waals surface area contributed by atoms with Gasteiger partial charge in [-0.05, 0) is 44.4 Å². The molecule has 20 heavy (non-hydrogen) atoms. The Labute approximate surface area is 117 Å². The summed E-state index contributed by atoms with van der Waals surface area (Å²) in [5.74, 6) is -1.04. The van der Waals surface area contributed by atoms with E-state index in [4.69, 9.17) is 10.8 Å². The summed E-state index contributed by atoms with van der Waals surface area (Å²) in [4.78, 5) is 24.6. The third-order valence-corrected chi connectivity index (χ3v) is 3.56. The maximum Gasteiger partial charge on any atom is 0.335 e. The van der Waals surface area contributed by atoms with Gasteiger partial charge in [-0.15, -0.1) is 0 Å². The molecule has 0 spiro atoms. The third kappa shape index (κ3) is 2.84. The monoisotopic (exact) mass is 277 g/mol. The van der Waals surface area contributed by atoms with Gasteiger partial charge in [0.2, 0.25) is 0 Å². The molecule has 1 aliphatic rings. The Morgan fingerprint density at radius 2 is 2.15 bits per heavy atom. The first kappa shape index (κ1) is 14.2. The maximum atomic E-state index is 12.2. The zero-order valence-electron chi connectivity index (χ0n) is 11.4. The van der Waals surface area contributed by atoms with Crippen LogP contribution in [-0.2, 0) is 0 Å². The summed E-state index contributed by atoms with van der Waals surface area (Å²) in [6.07, 6.45) is 3.17. The molecular formula is C14H19N3O3. The van der Waals surface area contributed by atoms with Gasteiger partial charge >= 0.3 is 12.0 Å². The molecule has 1 saturated carbocycles. The van der Waals surface area contributed by atoms with Crippen LogP contribution in [0.25, 0.3) is 0 Å². The van der Waals surface area contributed by atoms with Crippen molar-refractivity contribution < 1.29 is 14.7 Å². The molecule has 1 aromatic carbocycles. The Hall–Kier alpha value is -2.24. The number of benzene rings is 1. The Morgan fingerprint density at radius 3 is 2.60 bits per heavy atom. The first-order valence-corrected chi connectivity index (χ1v) is 6.73. The number of aromatic carboxylic acids is 1. The standard InChI is InChI=1S/C14H19N3O3/c1-2-17(14(20)16-10-4-3-5-10)12-7-6-9(13(18)19)8-11(12)15/h6-8,10H,2-5,15H2,1H3,(H,16,20)(H,18,19). The smallest absolute Gasteiger partial charge is 0.335 e. The van der Waals surface area contributed by atoms with E-state index in [2.05, 4.69) is 5.32 Å². The lowest BCUT2D eigenvalue weighted by molar-refractivity contribution is 0.0697. The Kier molecular flexibility index (Phi) is 4.12. The van der Waals surface area contributed by atoms with Crippen LogP contribution in [0.4, 0.5) is 16.2 Å². The van der Waals surface area contributed by atoms with Gasteiger partial charge in [-0.1, -0.05) is 0 Å². The summed E-state index contributed by atoms with van der Waals surface area (Å²) in [5, 5.41) is 11.9. The number of urea groups is 1. The van der Waals surface area contributed by atoms with E-state index >= 15 is 0 Å². The second-order valence-corrected chi connectivity index (χ2v) is 4.90. The lowest BCUT2D eigenvalue weighted by Crippen LogP contribution is -2.47. The van der Waals surface area contributed by atoms with Gasteiger partial charge < -0.3 is 16.2 Å². The number of nitrogens with zero attached hydrogens (tertiary/aromatic N) is 1. The summed E-state index contributed by atoms with van der Waals surface area (Å²) < 4.78 is 0. The topological polar surface area (TPSA) is 95.7 Å². The van der Waals surface area contributed by atoms with E-state index in [1.165, 1.54) is 17.0 Å². The molecule has 2 amide bonds. The molecule has 2 rings (SSSR count). The Bertz CT molecular complexity index is 526. The molecule has 1 fully saturated rings. The molecule has 108 valence electrons. The van der Waals surface area contributed by atoms with Gasteiger partial charge in [0.15, 0.2) is 0 Å². The van der Waals surface area contributed by atoms with Crippen LogP contribution >= 0.6 is 0 Å². The number of amides is 2. The Balaban J connectivity index is 2.17. The molecule has 4 N–H and O–H groups in total. The molecule has 0 bridgehead atoms. The quantitative estimate of drug-likeness (QED) is 0.734. The highest BCUT2D eigenvalue weighted by Crippen LogP contribution is 2.25. The van der Waals surface area contributed by atoms with Crippen molar-refractivity contribution in [1.82, 2.24) is 5.32 Å². The minimum atomic E-state index is -1.04. The summed E-state index contributed by atoms with van der Waals surface area (Å²) in [6, 6.07) is 4.45. The number of hydrogen-bond donors (Lipinski definition) is 3. The average Bonchev–Trinajstić information content (AvgIpc) is 2.36. The van der Waals surface area contributed by atoms with Crippen LogP contribution in [-0.4, -0.2) is 29.7 Å². The molecule has 0 radical (unpaired) electrons. The molecule has 0 saturated heterocycles. The van der Waals surface area contributed by atoms with Crippen LogP contribution < -0.4 is 16.0 Å². The van der Waals surface area contributed by atoms with Crippen LogP contribution in [0.1, 0.15) is 36.5 Å². The van der Waals surface area contributed by atoms with Gasteiger partial charge in [0.1, 0.15) is 0 Å². The fourth-order valence-electron chi connectivity index (χ4n) is 2.16. The fraction of sp³-hybridized carbons (Fsp3) is 0.429. The molecule has 6 heteroatoms. The molecule has 0 unspecified atom stereocenters. The molecule has 1 aromatic rings. The van der Waals surface area contributed by atoms with Crippen LogP contribution in [0.2, 0.25) is 0 Å². The first-order valence-electron chi connectivity index (χ1n) is 6.73. The van der Waals surface area contributed by atoms with Crippen molar-refractivity contribution in [3.63, 3.8) is 0 Å². The molecule has 0 aromatic heterocycles. The van der Waals surface area contributed by atoms with E-state index in [1.54, 1.807) is 6.07 Å². The van der Waals surface area contributed by atoms with Crippen molar-refractivity contribution in [2.24, 2.45) is 0 Å². The van der Waals surface area contributed by atoms with Crippen LogP contribution in [0.15, 0.2) is 18.2 Å². The third-order valence-electron chi connectivity index (χ3n) is 3.56. The van der Waals surface area contributed by atoms with Gasteiger partial charge in [-0.25, -0.2) is 9.59 Å². The summed E-state index contributed by atoms with van der Waals surface area (Å²) in [5.41, 5.74) is 6.80. The summed E-state index contributed by atoms with van der Waals surface area (Å²) >= 11 is 0. The van der Waals surface area contributed by atoms with E-state index in [0.717, 1.165) is 19.3 Å². The molecular weight excluding hydrogens is 258 g/mol. The molecule has 0 atom stereocenters. The van der Waals surface area contributed by atoms with Crippen LogP contribution in [0.3, 0.4) is 0 Å². The highest BCUT2D eigenvalue weighted by atomic mass is 16.4. The number of carbonyl (C=O) groups is 2. The molecule has 6 nitrogen and oxygen atoms in total. The molecule has 1 aliphatic carbocycles. The van der Waals surface area contributed by atoms with Crippen molar-refractivity contribution in [1.29, 1.82) is 0 Å². The van der Waals surface area contributed by atoms with Crippen LogP contribution in [0.5, 0.6) is 0 Å². The lowest BCUT2D eigenvalue weighted by atomic mass is 9.93. The van der Waals surface area contributed by atoms with Gasteiger partial charge in [-0.2, -0.15) is 0 Å². The second kappa shape index (κ2) is 5.81. The minimum absolute atomic E-state index is 0.113. The average molecular weight is 277 g/mol. The van der Waals surface area contributed by atoms with Crippen molar-refractivity contribution in [3.05, 3.63) is 23.8 Å². The number of carbonyl (C=O) groups excluding carboxylic acids is 1. The maximum absolute atomic E-state index is 12.2. The predicted octanol–water partition coefficient (Wildman–Crippen LogP) is 2.06. The number of nitrogen functional groups attached to an aromatic ring is 1. The van der Waals surface area contributed by atoms with E-state index < -0.39 is 5.97 Å². The number of hydrogen-bond acceptors (Lipinski definition) is 3. The van der Waals surface area contributed by atoms with E-state index in [9.17, 15) is 9.59 Å². The van der Waals surface area contributed by atoms with E-state index in [-0.39, 0.29) is 23.3 Å². The lowest BCUT2D eigenvalue weighted by Gasteiger charge is -2.30. The van der Waals surface area contributed by atoms with Crippen molar-refractivity contribution in [2.75, 3.05) is 17.2 Å². The Morgan fingerprint density at radius 1 is 1.45 bits per heavy atom. The molecule has 0 heterocycles. The number of nitrogens with one attached hydrogen (secondary N) is 1. The van der Waals surface area contributed by atoms with Crippen molar-refractivity contribution >= 4 is 23.4 Å². The summed E-state index contributed by atoms with van der Waals surface area (Å²) in [7, 11) is 0. The zero-order chi connectivity index (χ0) is 14.7. The minimum Gasteiger partial charge on any atom is -0.478 e. The summed E-state index contributed by atoms with van der Waals surface area (Å²) in [6.45, 7) is 2.32. The SMILES string of the molecule is CCN(C(=O)NC1CCC1)c1ccc(C(=O)O)cc1N. The largest absolute Gasteiger partial charge is 0.478 e. The first-order chi connectivity index (χ1) is 9.52. The molecule has 0 aliphatic heterocycles. The van der Waals surface area contributed by atoms with Gasteiger partial charge in [0.25, 0.3) is 0 Å². The number of carboxylic acids is 1. The van der Waals surface area contributed by atoms with E-state index in [0.29, 0.717) is 12.2 Å². The van der Waals surface area contributed by atoms with Crippen LogP contribution in [0, 0.1) is 0 Å². The van der Waals surface area contributed by atoms with Crippen molar-refractivity contribution in [2.45, 2.75) is 32.2 Å². The normalized spacial score (nSPS) is 14.4. The number of rotatable bonds is 4. The van der Waals surface area contributed by atoms with Gasteiger partial charge in [0, 0.05) is 12.6 Å². The van der Waals surface area contributed by atoms with Gasteiger partial charge in [-0.3, -0.25) is 4.90 Å².